The van der Waals surface area contributed by atoms with Crippen LogP contribution >= 0.6 is 11.6 Å². The van der Waals surface area contributed by atoms with Crippen LogP contribution in [0, 0.1) is 20.8 Å². The molecule has 0 atom stereocenters. The van der Waals surface area contributed by atoms with Crippen molar-refractivity contribution in [3.63, 3.8) is 0 Å². The summed E-state index contributed by atoms with van der Waals surface area (Å²) < 4.78 is 0. The maximum atomic E-state index is 9.75. The molecule has 2 nitrogen and oxygen atoms in total. The number of nitrogens with one attached hydrogen (secondary N) is 1. The van der Waals surface area contributed by atoms with Crippen molar-refractivity contribution in [2.45, 2.75) is 27.3 Å². The standard InChI is InChI=1S/C16H18ClNO/c1-10-4-5-14(17)15(6-10)18-9-13-7-11(2)16(19)12(3)8-13/h4-8,18-19H,9H2,1-3H3. The van der Waals surface area contributed by atoms with E-state index in [0.29, 0.717) is 12.3 Å². The molecule has 0 aliphatic heterocycles. The average Bonchev–Trinajstić information content (AvgIpc) is 2.37. The lowest BCUT2D eigenvalue weighted by atomic mass is 10.1. The van der Waals surface area contributed by atoms with Crippen molar-refractivity contribution >= 4 is 17.3 Å². The Morgan fingerprint density at radius 2 is 1.68 bits per heavy atom. The van der Waals surface area contributed by atoms with Crippen molar-refractivity contribution in [1.82, 2.24) is 0 Å². The molecule has 0 spiro atoms. The Labute approximate surface area is 119 Å². The van der Waals surface area contributed by atoms with Crippen LogP contribution in [-0.4, -0.2) is 5.11 Å². The number of phenols is 1. The molecular formula is C16H18ClNO. The lowest BCUT2D eigenvalue weighted by molar-refractivity contribution is 0.466. The maximum Gasteiger partial charge on any atom is 0.121 e. The minimum absolute atomic E-state index is 0.373. The molecule has 19 heavy (non-hydrogen) atoms. The van der Waals surface area contributed by atoms with Crippen LogP contribution in [0.25, 0.3) is 0 Å². The zero-order valence-electron chi connectivity index (χ0n) is 11.4. The normalized spacial score (nSPS) is 10.5. The van der Waals surface area contributed by atoms with Crippen LogP contribution in [0.4, 0.5) is 5.69 Å². The molecule has 2 rings (SSSR count). The van der Waals surface area contributed by atoms with Crippen LogP contribution in [0.15, 0.2) is 30.3 Å². The number of anilines is 1. The topological polar surface area (TPSA) is 32.3 Å². The van der Waals surface area contributed by atoms with E-state index in [2.05, 4.69) is 5.32 Å². The van der Waals surface area contributed by atoms with E-state index in [9.17, 15) is 5.11 Å². The number of aromatic hydroxyl groups is 1. The van der Waals surface area contributed by atoms with Gasteiger partial charge in [0.25, 0.3) is 0 Å². The number of phenolic OH excluding ortho intramolecular Hbond substituents is 1. The predicted octanol–water partition coefficient (Wildman–Crippen LogP) is 4.58. The van der Waals surface area contributed by atoms with E-state index in [0.717, 1.165) is 27.4 Å². The van der Waals surface area contributed by atoms with E-state index in [1.807, 2.05) is 51.1 Å². The number of hydrogen-bond donors (Lipinski definition) is 2. The van der Waals surface area contributed by atoms with Crippen LogP contribution in [-0.2, 0) is 6.54 Å². The molecule has 2 N–H and O–H groups in total. The minimum Gasteiger partial charge on any atom is -0.507 e. The van der Waals surface area contributed by atoms with Gasteiger partial charge >= 0.3 is 0 Å². The molecule has 0 bridgehead atoms. The van der Waals surface area contributed by atoms with E-state index in [1.54, 1.807) is 0 Å². The highest BCUT2D eigenvalue weighted by molar-refractivity contribution is 6.33. The molecular weight excluding hydrogens is 258 g/mol. The third-order valence-electron chi connectivity index (χ3n) is 3.16. The van der Waals surface area contributed by atoms with Gasteiger partial charge in [0.15, 0.2) is 0 Å². The molecule has 0 radical (unpaired) electrons. The van der Waals surface area contributed by atoms with Crippen molar-refractivity contribution < 1.29 is 5.11 Å². The van der Waals surface area contributed by atoms with Gasteiger partial charge in [0, 0.05) is 6.54 Å². The first-order chi connectivity index (χ1) is 8.97. The van der Waals surface area contributed by atoms with Crippen LogP contribution in [0.2, 0.25) is 5.02 Å². The van der Waals surface area contributed by atoms with E-state index < -0.39 is 0 Å². The maximum absolute atomic E-state index is 9.75. The Morgan fingerprint density at radius 3 is 2.32 bits per heavy atom. The smallest absolute Gasteiger partial charge is 0.121 e. The summed E-state index contributed by atoms with van der Waals surface area (Å²) in [7, 11) is 0. The first-order valence-electron chi connectivity index (χ1n) is 6.26. The Hall–Kier alpha value is -1.67. The summed E-state index contributed by atoms with van der Waals surface area (Å²) in [5.41, 5.74) is 5.03. The van der Waals surface area contributed by atoms with Crippen molar-refractivity contribution in [3.05, 3.63) is 57.6 Å². The summed E-state index contributed by atoms with van der Waals surface area (Å²) in [6.45, 7) is 6.54. The minimum atomic E-state index is 0.373. The first kappa shape index (κ1) is 13.8. The van der Waals surface area contributed by atoms with Gasteiger partial charge < -0.3 is 10.4 Å². The fourth-order valence-corrected chi connectivity index (χ4v) is 2.30. The van der Waals surface area contributed by atoms with Gasteiger partial charge in [-0.15, -0.1) is 0 Å². The van der Waals surface area contributed by atoms with Crippen LogP contribution in [0.3, 0.4) is 0 Å². The second-order valence-electron chi connectivity index (χ2n) is 4.92. The Bertz CT molecular complexity index is 585. The molecule has 0 aliphatic rings. The van der Waals surface area contributed by atoms with Gasteiger partial charge in [-0.05, 0) is 55.2 Å². The SMILES string of the molecule is Cc1ccc(Cl)c(NCc2cc(C)c(O)c(C)c2)c1. The third-order valence-corrected chi connectivity index (χ3v) is 3.49. The van der Waals surface area contributed by atoms with Crippen molar-refractivity contribution in [2.75, 3.05) is 5.32 Å². The van der Waals surface area contributed by atoms with Gasteiger partial charge in [0.05, 0.1) is 10.7 Å². The molecule has 0 aliphatic carbocycles. The van der Waals surface area contributed by atoms with Gasteiger partial charge in [-0.3, -0.25) is 0 Å². The summed E-state index contributed by atoms with van der Waals surface area (Å²) >= 11 is 6.15. The van der Waals surface area contributed by atoms with Crippen molar-refractivity contribution in [3.8, 4) is 5.75 Å². The molecule has 0 unspecified atom stereocenters. The second-order valence-corrected chi connectivity index (χ2v) is 5.32. The zero-order valence-corrected chi connectivity index (χ0v) is 12.2. The molecule has 2 aromatic carbocycles. The van der Waals surface area contributed by atoms with E-state index in [1.165, 1.54) is 5.56 Å². The quantitative estimate of drug-likeness (QED) is 0.859. The summed E-state index contributed by atoms with van der Waals surface area (Å²) in [4.78, 5) is 0. The van der Waals surface area contributed by atoms with Gasteiger partial charge in [-0.25, -0.2) is 0 Å². The molecule has 3 heteroatoms. The second kappa shape index (κ2) is 5.54. The molecule has 0 saturated carbocycles. The predicted molar refractivity (Wildman–Crippen MR) is 81.1 cm³/mol. The highest BCUT2D eigenvalue weighted by Gasteiger charge is 2.05. The number of halogens is 1. The summed E-state index contributed by atoms with van der Waals surface area (Å²) in [6.07, 6.45) is 0. The Balaban J connectivity index is 2.17. The van der Waals surface area contributed by atoms with E-state index in [-0.39, 0.29) is 0 Å². The molecule has 0 heterocycles. The zero-order chi connectivity index (χ0) is 14.0. The lowest BCUT2D eigenvalue weighted by Crippen LogP contribution is -2.01. The summed E-state index contributed by atoms with van der Waals surface area (Å²) in [5, 5.41) is 13.8. The molecule has 0 fully saturated rings. The summed E-state index contributed by atoms with van der Waals surface area (Å²) in [5.74, 6) is 0.373. The van der Waals surface area contributed by atoms with Crippen molar-refractivity contribution in [2.24, 2.45) is 0 Å². The monoisotopic (exact) mass is 275 g/mol. The molecule has 0 aromatic heterocycles. The molecule has 0 amide bonds. The van der Waals surface area contributed by atoms with Crippen LogP contribution < -0.4 is 5.32 Å². The van der Waals surface area contributed by atoms with Gasteiger partial charge in [0.1, 0.15) is 5.75 Å². The van der Waals surface area contributed by atoms with E-state index in [4.69, 9.17) is 11.6 Å². The van der Waals surface area contributed by atoms with Crippen molar-refractivity contribution in [1.29, 1.82) is 0 Å². The summed E-state index contributed by atoms with van der Waals surface area (Å²) in [6, 6.07) is 9.88. The third kappa shape index (κ3) is 3.21. The van der Waals surface area contributed by atoms with Gasteiger partial charge in [-0.2, -0.15) is 0 Å². The molecule has 100 valence electrons. The number of aryl methyl sites for hydroxylation is 3. The lowest BCUT2D eigenvalue weighted by Gasteiger charge is -2.11. The average molecular weight is 276 g/mol. The fraction of sp³-hybridized carbons (Fsp3) is 0.250. The number of benzene rings is 2. The number of hydrogen-bond acceptors (Lipinski definition) is 2. The fourth-order valence-electron chi connectivity index (χ4n) is 2.12. The highest BCUT2D eigenvalue weighted by atomic mass is 35.5. The largest absolute Gasteiger partial charge is 0.507 e. The van der Waals surface area contributed by atoms with E-state index >= 15 is 0 Å². The van der Waals surface area contributed by atoms with Crippen LogP contribution in [0.1, 0.15) is 22.3 Å². The molecule has 0 saturated heterocycles. The van der Waals surface area contributed by atoms with Gasteiger partial charge in [0.2, 0.25) is 0 Å². The Kier molecular flexibility index (Phi) is 4.01. The number of rotatable bonds is 3. The first-order valence-corrected chi connectivity index (χ1v) is 6.64. The highest BCUT2D eigenvalue weighted by Crippen LogP contribution is 2.26. The van der Waals surface area contributed by atoms with Gasteiger partial charge in [-0.1, -0.05) is 29.8 Å². The van der Waals surface area contributed by atoms with Crippen LogP contribution in [0.5, 0.6) is 5.75 Å². The Morgan fingerprint density at radius 1 is 1.05 bits per heavy atom. The molecule has 2 aromatic rings.